The van der Waals surface area contributed by atoms with E-state index in [0.29, 0.717) is 12.2 Å². The van der Waals surface area contributed by atoms with Gasteiger partial charge in [0, 0.05) is 12.1 Å². The Morgan fingerprint density at radius 3 is 2.38 bits per heavy atom. The first kappa shape index (κ1) is 19.3. The van der Waals surface area contributed by atoms with Crippen LogP contribution in [0.15, 0.2) is 42.5 Å². The summed E-state index contributed by atoms with van der Waals surface area (Å²) in [6.07, 6.45) is 3.27. The van der Waals surface area contributed by atoms with Crippen LogP contribution in [0.1, 0.15) is 24.8 Å². The number of hydrogen-bond donors (Lipinski definition) is 2. The topological polar surface area (TPSA) is 82.8 Å². The van der Waals surface area contributed by atoms with Gasteiger partial charge in [0.05, 0.1) is 18.8 Å². The monoisotopic (exact) mass is 401 g/mol. The predicted octanol–water partition coefficient (Wildman–Crippen LogP) is 4.11. The number of benzene rings is 1. The summed E-state index contributed by atoms with van der Waals surface area (Å²) in [5, 5.41) is 15.1. The maximum atomic E-state index is 12.9. The van der Waals surface area contributed by atoms with Crippen molar-refractivity contribution in [3.63, 3.8) is 0 Å². The molecular weight excluding hydrogens is 380 g/mol. The molecule has 29 heavy (non-hydrogen) atoms. The lowest BCUT2D eigenvalue weighted by Crippen LogP contribution is -2.55. The molecule has 2 aliphatic rings. The Morgan fingerprint density at radius 2 is 1.79 bits per heavy atom. The van der Waals surface area contributed by atoms with Gasteiger partial charge in [0.2, 0.25) is 0 Å². The van der Waals surface area contributed by atoms with E-state index < -0.39 is 12.0 Å². The minimum atomic E-state index is -2.57. The van der Waals surface area contributed by atoms with Gasteiger partial charge in [0.25, 0.3) is 11.9 Å². The Hall–Kier alpha value is -3.07. The average Bonchev–Trinajstić information content (AvgIpc) is 3.47. The van der Waals surface area contributed by atoms with Gasteiger partial charge < -0.3 is 5.11 Å². The summed E-state index contributed by atoms with van der Waals surface area (Å²) in [7, 11) is 0. The molecule has 1 aromatic carbocycles. The zero-order valence-electron chi connectivity index (χ0n) is 15.7. The first-order chi connectivity index (χ1) is 13.9. The summed E-state index contributed by atoms with van der Waals surface area (Å²) < 4.78 is 27.4. The highest BCUT2D eigenvalue weighted by Crippen LogP contribution is 2.28. The van der Waals surface area contributed by atoms with Crippen LogP contribution in [0, 0.1) is 0 Å². The van der Waals surface area contributed by atoms with Crippen molar-refractivity contribution in [3.8, 4) is 11.3 Å². The van der Waals surface area contributed by atoms with Crippen LogP contribution < -0.4 is 5.32 Å². The van der Waals surface area contributed by atoms with Crippen LogP contribution in [0.4, 0.5) is 19.5 Å². The number of carbonyl (C=O) groups is 1. The Bertz CT molecular complexity index is 1010. The van der Waals surface area contributed by atoms with E-state index in [1.54, 1.807) is 21.5 Å². The molecule has 1 aliphatic heterocycles. The Balaban J connectivity index is 0.000000626. The molecule has 3 aromatic rings. The van der Waals surface area contributed by atoms with Gasteiger partial charge in [-0.2, -0.15) is 4.98 Å². The van der Waals surface area contributed by atoms with Gasteiger partial charge in [-0.15, -0.1) is 5.10 Å². The summed E-state index contributed by atoms with van der Waals surface area (Å²) in [5.74, 6) is -2.56. The van der Waals surface area contributed by atoms with Gasteiger partial charge in [0.15, 0.2) is 5.65 Å². The molecule has 9 heteroatoms. The number of nitrogens with zero attached hydrogens (tertiary/aromatic N) is 4. The van der Waals surface area contributed by atoms with Crippen LogP contribution in [0.3, 0.4) is 0 Å². The van der Waals surface area contributed by atoms with Crippen molar-refractivity contribution in [3.05, 3.63) is 48.0 Å². The Kier molecular flexibility index (Phi) is 5.14. The number of pyridine rings is 1. The van der Waals surface area contributed by atoms with Crippen molar-refractivity contribution < 1.29 is 18.7 Å². The average molecular weight is 401 g/mol. The maximum absolute atomic E-state index is 12.9. The zero-order valence-corrected chi connectivity index (χ0v) is 15.7. The lowest BCUT2D eigenvalue weighted by Gasteiger charge is -2.38. The van der Waals surface area contributed by atoms with E-state index in [1.807, 2.05) is 30.3 Å². The van der Waals surface area contributed by atoms with E-state index in [-0.39, 0.29) is 19.0 Å². The second-order valence-electron chi connectivity index (χ2n) is 7.31. The van der Waals surface area contributed by atoms with Crippen LogP contribution in [0.25, 0.3) is 16.9 Å². The first-order valence-electron chi connectivity index (χ1n) is 9.45. The van der Waals surface area contributed by atoms with E-state index in [1.165, 1.54) is 19.3 Å². The molecule has 7 nitrogen and oxygen atoms in total. The molecule has 5 rings (SSSR count). The third kappa shape index (κ3) is 4.86. The van der Waals surface area contributed by atoms with Gasteiger partial charge in [-0.25, -0.2) is 18.1 Å². The molecule has 2 fully saturated rings. The van der Waals surface area contributed by atoms with Crippen molar-refractivity contribution in [2.24, 2.45) is 0 Å². The number of nitrogens with one attached hydrogen (secondary N) is 1. The molecule has 152 valence electrons. The molecule has 2 aromatic heterocycles. The summed E-state index contributed by atoms with van der Waals surface area (Å²) in [6, 6.07) is 12.9. The number of aromatic nitrogens is 3. The number of likely N-dealkylation sites (tertiary alicyclic amines) is 1. The zero-order chi connectivity index (χ0) is 20.4. The largest absolute Gasteiger partial charge is 0.465 e. The van der Waals surface area contributed by atoms with Gasteiger partial charge in [-0.1, -0.05) is 49.6 Å². The number of halogens is 2. The molecule has 0 unspecified atom stereocenters. The first-order valence-corrected chi connectivity index (χ1v) is 9.45. The van der Waals surface area contributed by atoms with Gasteiger partial charge in [-0.05, 0) is 17.7 Å². The highest BCUT2D eigenvalue weighted by molar-refractivity contribution is 5.80. The van der Waals surface area contributed by atoms with Crippen LogP contribution in [0.2, 0.25) is 0 Å². The van der Waals surface area contributed by atoms with Crippen LogP contribution in [-0.2, 0) is 6.54 Å². The Labute approximate surface area is 166 Å². The molecule has 0 radical (unpaired) electrons. The normalized spacial score (nSPS) is 17.2. The highest BCUT2D eigenvalue weighted by atomic mass is 19.3. The van der Waals surface area contributed by atoms with Crippen LogP contribution >= 0.6 is 0 Å². The smallest absolute Gasteiger partial charge is 0.411 e. The number of anilines is 1. The van der Waals surface area contributed by atoms with E-state index in [2.05, 4.69) is 15.4 Å². The van der Waals surface area contributed by atoms with E-state index in [0.717, 1.165) is 16.8 Å². The second kappa shape index (κ2) is 7.75. The summed E-state index contributed by atoms with van der Waals surface area (Å²) >= 11 is 0. The van der Waals surface area contributed by atoms with Crippen LogP contribution in [0.5, 0.6) is 0 Å². The van der Waals surface area contributed by atoms with Gasteiger partial charge in [-0.3, -0.25) is 10.2 Å². The van der Waals surface area contributed by atoms with Crippen molar-refractivity contribution in [2.75, 3.05) is 18.4 Å². The lowest BCUT2D eigenvalue weighted by molar-refractivity contribution is -0.133. The molecule has 0 spiro atoms. The van der Waals surface area contributed by atoms with E-state index >= 15 is 0 Å². The van der Waals surface area contributed by atoms with Crippen LogP contribution in [-0.4, -0.2) is 49.7 Å². The summed E-state index contributed by atoms with van der Waals surface area (Å²) in [5.41, 5.74) is 3.07. The molecule has 3 heterocycles. The van der Waals surface area contributed by atoms with Crippen molar-refractivity contribution >= 4 is 17.7 Å². The number of rotatable bonds is 4. The maximum Gasteiger partial charge on any atom is 0.411 e. The molecule has 1 saturated heterocycles. The van der Waals surface area contributed by atoms with Gasteiger partial charge >= 0.3 is 6.09 Å². The number of carboxylic acid groups (broad SMARTS) is 1. The standard InChI is InChI=1S/C17H15F2N5O2.C3H6/c18-17(19)9-23(10-17)8-11-4-6-12(7-5-11)13-2-1-3-14-20-15(21-16(25)26)22-24(13)14;1-2-3-1/h1-7H,8-10H2,(H,21,22)(H,25,26);1-3H2. The van der Waals surface area contributed by atoms with Gasteiger partial charge in [0.1, 0.15) is 0 Å². The Morgan fingerprint density at radius 1 is 1.10 bits per heavy atom. The quantitative estimate of drug-likeness (QED) is 0.688. The molecule has 0 atom stereocenters. The third-order valence-electron chi connectivity index (χ3n) is 4.50. The SMILES string of the molecule is C1CC1.O=C(O)Nc1nc2cccc(-c3ccc(CN4CC(F)(F)C4)cc3)n2n1. The number of fused-ring (bicyclic) bond motifs is 1. The highest BCUT2D eigenvalue weighted by Gasteiger charge is 2.43. The number of hydrogen-bond acceptors (Lipinski definition) is 4. The predicted molar refractivity (Wildman–Crippen MR) is 104 cm³/mol. The molecular formula is C20H21F2N5O2. The number of amides is 1. The minimum Gasteiger partial charge on any atom is -0.465 e. The van der Waals surface area contributed by atoms with E-state index in [4.69, 9.17) is 5.11 Å². The van der Waals surface area contributed by atoms with Crippen molar-refractivity contribution in [1.82, 2.24) is 19.5 Å². The lowest BCUT2D eigenvalue weighted by atomic mass is 10.1. The molecule has 0 bridgehead atoms. The fourth-order valence-electron chi connectivity index (χ4n) is 3.03. The third-order valence-corrected chi connectivity index (χ3v) is 4.50. The van der Waals surface area contributed by atoms with E-state index in [9.17, 15) is 13.6 Å². The molecule has 1 aliphatic carbocycles. The van der Waals surface area contributed by atoms with Crippen molar-refractivity contribution in [2.45, 2.75) is 31.7 Å². The minimum absolute atomic E-state index is 0.000261. The fraction of sp³-hybridized carbons (Fsp3) is 0.350. The fourth-order valence-corrected chi connectivity index (χ4v) is 3.03. The van der Waals surface area contributed by atoms with Crippen molar-refractivity contribution in [1.29, 1.82) is 0 Å². The molecule has 1 amide bonds. The number of alkyl halides is 2. The summed E-state index contributed by atoms with van der Waals surface area (Å²) in [4.78, 5) is 16.5. The summed E-state index contributed by atoms with van der Waals surface area (Å²) in [6.45, 7) is 0.0782. The molecule has 1 saturated carbocycles. The molecule has 2 N–H and O–H groups in total. The second-order valence-corrected chi connectivity index (χ2v) is 7.31.